The SMILES string of the molecule is C=CCOC(=O)CCCCC(=O)O. The highest BCUT2D eigenvalue weighted by Gasteiger charge is 2.02. The number of rotatable bonds is 7. The maximum atomic E-state index is 10.8. The van der Waals surface area contributed by atoms with Gasteiger partial charge < -0.3 is 9.84 Å². The number of ether oxygens (including phenoxy) is 1. The van der Waals surface area contributed by atoms with Gasteiger partial charge in [-0.15, -0.1) is 0 Å². The molecule has 0 aliphatic carbocycles. The van der Waals surface area contributed by atoms with Crippen molar-refractivity contribution in [3.05, 3.63) is 12.7 Å². The van der Waals surface area contributed by atoms with E-state index >= 15 is 0 Å². The molecule has 0 heterocycles. The van der Waals surface area contributed by atoms with Crippen molar-refractivity contribution in [3.63, 3.8) is 0 Å². The van der Waals surface area contributed by atoms with Gasteiger partial charge in [-0.05, 0) is 12.8 Å². The van der Waals surface area contributed by atoms with Crippen LogP contribution in [-0.4, -0.2) is 23.7 Å². The molecule has 0 amide bonds. The summed E-state index contributed by atoms with van der Waals surface area (Å²) in [4.78, 5) is 20.9. The average molecular weight is 186 g/mol. The second-order valence-electron chi connectivity index (χ2n) is 2.57. The van der Waals surface area contributed by atoms with Crippen LogP contribution in [0.25, 0.3) is 0 Å². The Kier molecular flexibility index (Phi) is 6.59. The Bertz CT molecular complexity index is 186. The molecule has 0 rings (SSSR count). The first-order valence-corrected chi connectivity index (χ1v) is 4.15. The first-order valence-electron chi connectivity index (χ1n) is 4.15. The summed E-state index contributed by atoms with van der Waals surface area (Å²) in [6.07, 6.45) is 2.95. The zero-order valence-electron chi connectivity index (χ0n) is 7.49. The predicted octanol–water partition coefficient (Wildman–Crippen LogP) is 1.36. The predicted molar refractivity (Wildman–Crippen MR) is 47.3 cm³/mol. The number of carboxylic acid groups (broad SMARTS) is 1. The van der Waals surface area contributed by atoms with Gasteiger partial charge in [0.2, 0.25) is 0 Å². The van der Waals surface area contributed by atoms with Crippen LogP contribution in [0.5, 0.6) is 0 Å². The fourth-order valence-electron chi connectivity index (χ4n) is 0.770. The van der Waals surface area contributed by atoms with Crippen LogP contribution in [0.1, 0.15) is 25.7 Å². The standard InChI is InChI=1S/C9H14O4/c1-2-7-13-9(12)6-4-3-5-8(10)11/h2H,1,3-7H2,(H,10,11). The summed E-state index contributed by atoms with van der Waals surface area (Å²) < 4.78 is 4.69. The average Bonchev–Trinajstić information content (AvgIpc) is 2.08. The van der Waals surface area contributed by atoms with E-state index in [4.69, 9.17) is 9.84 Å². The third-order valence-corrected chi connectivity index (χ3v) is 1.38. The molecule has 0 aromatic rings. The lowest BCUT2D eigenvalue weighted by atomic mass is 10.2. The third-order valence-electron chi connectivity index (χ3n) is 1.38. The lowest BCUT2D eigenvalue weighted by Gasteiger charge is -2.00. The van der Waals surface area contributed by atoms with Gasteiger partial charge in [-0.1, -0.05) is 12.7 Å². The monoisotopic (exact) mass is 186 g/mol. The Morgan fingerprint density at radius 3 is 2.46 bits per heavy atom. The largest absolute Gasteiger partial charge is 0.481 e. The van der Waals surface area contributed by atoms with Gasteiger partial charge >= 0.3 is 11.9 Å². The molecule has 0 atom stereocenters. The molecule has 0 saturated carbocycles. The van der Waals surface area contributed by atoms with Gasteiger partial charge in [0.05, 0.1) is 0 Å². The molecule has 1 N–H and O–H groups in total. The summed E-state index contributed by atoms with van der Waals surface area (Å²) in [6, 6.07) is 0. The molecule has 0 aliphatic heterocycles. The Balaban J connectivity index is 3.26. The second-order valence-corrected chi connectivity index (χ2v) is 2.57. The summed E-state index contributed by atoms with van der Waals surface area (Å²) in [7, 11) is 0. The summed E-state index contributed by atoms with van der Waals surface area (Å²) in [5.74, 6) is -1.13. The summed E-state index contributed by atoms with van der Waals surface area (Å²) >= 11 is 0. The fraction of sp³-hybridized carbons (Fsp3) is 0.556. The van der Waals surface area contributed by atoms with E-state index in [1.807, 2.05) is 0 Å². The molecule has 13 heavy (non-hydrogen) atoms. The van der Waals surface area contributed by atoms with Crippen LogP contribution in [0.15, 0.2) is 12.7 Å². The normalized spacial score (nSPS) is 9.23. The van der Waals surface area contributed by atoms with Crippen molar-refractivity contribution < 1.29 is 19.4 Å². The molecule has 4 nitrogen and oxygen atoms in total. The van der Waals surface area contributed by atoms with Crippen LogP contribution in [0, 0.1) is 0 Å². The second kappa shape index (κ2) is 7.34. The number of hydrogen-bond donors (Lipinski definition) is 1. The van der Waals surface area contributed by atoms with Crippen molar-refractivity contribution in [2.75, 3.05) is 6.61 Å². The van der Waals surface area contributed by atoms with Gasteiger partial charge in [-0.2, -0.15) is 0 Å². The first kappa shape index (κ1) is 11.7. The van der Waals surface area contributed by atoms with Gasteiger partial charge in [-0.3, -0.25) is 9.59 Å². The van der Waals surface area contributed by atoms with Gasteiger partial charge in [0.15, 0.2) is 0 Å². The Labute approximate surface area is 77.2 Å². The molecule has 0 aromatic heterocycles. The number of carboxylic acids is 1. The van der Waals surface area contributed by atoms with Gasteiger partial charge in [0.25, 0.3) is 0 Å². The Morgan fingerprint density at radius 1 is 1.31 bits per heavy atom. The lowest BCUT2D eigenvalue weighted by Crippen LogP contribution is -2.04. The van der Waals surface area contributed by atoms with Gasteiger partial charge in [0, 0.05) is 12.8 Å². The Morgan fingerprint density at radius 2 is 1.92 bits per heavy atom. The molecule has 4 heteroatoms. The molecule has 0 bridgehead atoms. The number of aliphatic carboxylic acids is 1. The molecule has 0 aromatic carbocycles. The van der Waals surface area contributed by atoms with Crippen molar-refractivity contribution in [1.29, 1.82) is 0 Å². The zero-order chi connectivity index (χ0) is 10.1. The topological polar surface area (TPSA) is 63.6 Å². The van der Waals surface area contributed by atoms with Crippen LogP contribution < -0.4 is 0 Å². The molecule has 0 saturated heterocycles. The Hall–Kier alpha value is -1.32. The van der Waals surface area contributed by atoms with E-state index in [9.17, 15) is 9.59 Å². The number of esters is 1. The molecule has 0 aliphatic rings. The molecular weight excluding hydrogens is 172 g/mol. The molecule has 74 valence electrons. The number of carbonyl (C=O) groups excluding carboxylic acids is 1. The van der Waals surface area contributed by atoms with Crippen molar-refractivity contribution >= 4 is 11.9 Å². The maximum Gasteiger partial charge on any atom is 0.306 e. The summed E-state index contributed by atoms with van der Waals surface area (Å²) in [5, 5.41) is 8.29. The fourth-order valence-corrected chi connectivity index (χ4v) is 0.770. The molecule has 0 fully saturated rings. The van der Waals surface area contributed by atoms with Crippen LogP contribution in [0.2, 0.25) is 0 Å². The van der Waals surface area contributed by atoms with Gasteiger partial charge in [0.1, 0.15) is 6.61 Å². The zero-order valence-corrected chi connectivity index (χ0v) is 7.49. The lowest BCUT2D eigenvalue weighted by molar-refractivity contribution is -0.143. The van der Waals surface area contributed by atoms with E-state index in [0.717, 1.165) is 0 Å². The number of unbranched alkanes of at least 4 members (excludes halogenated alkanes) is 1. The number of carbonyl (C=O) groups is 2. The van der Waals surface area contributed by atoms with E-state index in [1.54, 1.807) is 0 Å². The number of hydrogen-bond acceptors (Lipinski definition) is 3. The molecule has 0 spiro atoms. The van der Waals surface area contributed by atoms with Crippen molar-refractivity contribution in [2.24, 2.45) is 0 Å². The first-order chi connectivity index (χ1) is 6.16. The van der Waals surface area contributed by atoms with E-state index in [2.05, 4.69) is 6.58 Å². The maximum absolute atomic E-state index is 10.8. The molecular formula is C9H14O4. The van der Waals surface area contributed by atoms with Crippen LogP contribution >= 0.6 is 0 Å². The van der Waals surface area contributed by atoms with Crippen LogP contribution in [-0.2, 0) is 14.3 Å². The highest BCUT2D eigenvalue weighted by Crippen LogP contribution is 2.01. The third kappa shape index (κ3) is 8.59. The summed E-state index contributed by atoms with van der Waals surface area (Å²) in [5.41, 5.74) is 0. The minimum atomic E-state index is -0.834. The molecule has 0 radical (unpaired) electrons. The van der Waals surface area contributed by atoms with E-state index in [1.165, 1.54) is 6.08 Å². The van der Waals surface area contributed by atoms with Crippen molar-refractivity contribution in [3.8, 4) is 0 Å². The smallest absolute Gasteiger partial charge is 0.306 e. The van der Waals surface area contributed by atoms with E-state index in [-0.39, 0.29) is 25.4 Å². The highest BCUT2D eigenvalue weighted by molar-refractivity contribution is 5.69. The van der Waals surface area contributed by atoms with Crippen LogP contribution in [0.3, 0.4) is 0 Å². The summed E-state index contributed by atoms with van der Waals surface area (Å²) in [6.45, 7) is 3.62. The van der Waals surface area contributed by atoms with Crippen molar-refractivity contribution in [1.82, 2.24) is 0 Å². The van der Waals surface area contributed by atoms with E-state index in [0.29, 0.717) is 12.8 Å². The highest BCUT2D eigenvalue weighted by atomic mass is 16.5. The minimum absolute atomic E-state index is 0.106. The van der Waals surface area contributed by atoms with Crippen molar-refractivity contribution in [2.45, 2.75) is 25.7 Å². The van der Waals surface area contributed by atoms with Gasteiger partial charge in [-0.25, -0.2) is 0 Å². The molecule has 0 unspecified atom stereocenters. The van der Waals surface area contributed by atoms with E-state index < -0.39 is 5.97 Å². The quantitative estimate of drug-likeness (QED) is 0.370. The van der Waals surface area contributed by atoms with Crippen LogP contribution in [0.4, 0.5) is 0 Å². The minimum Gasteiger partial charge on any atom is -0.481 e.